The first kappa shape index (κ1) is 14.7. The van der Waals surface area contributed by atoms with Crippen LogP contribution in [0.15, 0.2) is 24.3 Å². The smallest absolute Gasteiger partial charge is 0.323 e. The zero-order chi connectivity index (χ0) is 16.5. The van der Waals surface area contributed by atoms with E-state index in [-0.39, 0.29) is 35.6 Å². The highest BCUT2D eigenvalue weighted by molar-refractivity contribution is 6.05. The van der Waals surface area contributed by atoms with Gasteiger partial charge in [-0.05, 0) is 23.5 Å². The van der Waals surface area contributed by atoms with E-state index in [2.05, 4.69) is 42.7 Å². The molecule has 5 nitrogen and oxygen atoms in total. The molecular weight excluding hydrogens is 290 g/mol. The average Bonchev–Trinajstić information content (AvgIpc) is 3.10. The van der Waals surface area contributed by atoms with Crippen LogP contribution in [0.5, 0.6) is 0 Å². The molecule has 2 saturated heterocycles. The second kappa shape index (κ2) is 4.57. The molecule has 0 unspecified atom stereocenters. The Balaban J connectivity index is 1.87. The lowest BCUT2D eigenvalue weighted by molar-refractivity contribution is -0.147. The highest BCUT2D eigenvalue weighted by atomic mass is 16.5. The van der Waals surface area contributed by atoms with E-state index in [1.807, 2.05) is 12.1 Å². The van der Waals surface area contributed by atoms with E-state index in [0.717, 1.165) is 12.1 Å². The summed E-state index contributed by atoms with van der Waals surface area (Å²) in [4.78, 5) is 16.7. The van der Waals surface area contributed by atoms with E-state index in [1.165, 1.54) is 12.7 Å². The Morgan fingerprint density at radius 3 is 2.65 bits per heavy atom. The lowest BCUT2D eigenvalue weighted by atomic mass is 9.85. The summed E-state index contributed by atoms with van der Waals surface area (Å²) < 4.78 is 5.06. The van der Waals surface area contributed by atoms with Gasteiger partial charge in [0, 0.05) is 11.6 Å². The molecule has 0 amide bonds. The number of rotatable bonds is 1. The van der Waals surface area contributed by atoms with Gasteiger partial charge in [-0.15, -0.1) is 0 Å². The molecule has 2 fully saturated rings. The van der Waals surface area contributed by atoms with Crippen LogP contribution < -0.4 is 4.90 Å². The topological polar surface area (TPSA) is 56.6 Å². The lowest BCUT2D eigenvalue weighted by Gasteiger charge is -2.35. The van der Waals surface area contributed by atoms with Crippen LogP contribution in [0.1, 0.15) is 38.7 Å². The second-order valence-electron chi connectivity index (χ2n) is 7.82. The van der Waals surface area contributed by atoms with E-state index in [4.69, 9.17) is 10.1 Å². The molecule has 0 radical (unpaired) electrons. The van der Waals surface area contributed by atoms with Crippen molar-refractivity contribution in [1.29, 1.82) is 5.41 Å². The van der Waals surface area contributed by atoms with E-state index < -0.39 is 0 Å². The standard InChI is InChI=1S/C18H23N3O2/c1-18(2,3)14-15(19)21-12-8-6-5-7-10(12)11-9-13(17(22)23-4)20(14)16(11)21/h5-8,11,13-14,16,19H,9H2,1-4H3/t11-,13+,14+,16+/m1/s1. The third-order valence-electron chi connectivity index (χ3n) is 5.47. The van der Waals surface area contributed by atoms with E-state index in [9.17, 15) is 4.79 Å². The number of hydrogen-bond donors (Lipinski definition) is 1. The van der Waals surface area contributed by atoms with Gasteiger partial charge in [-0.3, -0.25) is 15.1 Å². The zero-order valence-electron chi connectivity index (χ0n) is 14.0. The van der Waals surface area contributed by atoms with Crippen LogP contribution in [-0.2, 0) is 9.53 Å². The number of carbonyl (C=O) groups excluding carboxylic acids is 1. The Morgan fingerprint density at radius 2 is 2.00 bits per heavy atom. The quantitative estimate of drug-likeness (QED) is 0.810. The van der Waals surface area contributed by atoms with Crippen molar-refractivity contribution in [3.05, 3.63) is 29.8 Å². The maximum absolute atomic E-state index is 12.4. The normalized spacial score (nSPS) is 32.2. The first-order valence-corrected chi connectivity index (χ1v) is 8.18. The number of carbonyl (C=O) groups is 1. The van der Waals surface area contributed by atoms with Crippen molar-refractivity contribution in [2.24, 2.45) is 5.41 Å². The van der Waals surface area contributed by atoms with Gasteiger partial charge >= 0.3 is 5.97 Å². The molecule has 0 bridgehead atoms. The Hall–Kier alpha value is -1.88. The third kappa shape index (κ3) is 1.77. The maximum Gasteiger partial charge on any atom is 0.323 e. The number of anilines is 1. The summed E-state index contributed by atoms with van der Waals surface area (Å²) >= 11 is 0. The van der Waals surface area contributed by atoms with E-state index >= 15 is 0 Å². The highest BCUT2D eigenvalue weighted by Crippen LogP contribution is 2.56. The second-order valence-corrected chi connectivity index (χ2v) is 7.82. The minimum atomic E-state index is -0.266. The van der Waals surface area contributed by atoms with E-state index in [1.54, 1.807) is 0 Å². The predicted octanol–water partition coefficient (Wildman–Crippen LogP) is 2.57. The molecule has 3 aliphatic rings. The number of methoxy groups -OCH3 is 1. The predicted molar refractivity (Wildman–Crippen MR) is 88.7 cm³/mol. The molecule has 0 spiro atoms. The van der Waals surface area contributed by atoms with Crippen LogP contribution in [-0.4, -0.2) is 42.1 Å². The summed E-state index contributed by atoms with van der Waals surface area (Å²) in [5, 5.41) is 8.79. The molecule has 1 N–H and O–H groups in total. The maximum atomic E-state index is 12.4. The number of esters is 1. The molecule has 0 saturated carbocycles. The van der Waals surface area contributed by atoms with Gasteiger partial charge in [0.15, 0.2) is 0 Å². The van der Waals surface area contributed by atoms with Crippen LogP contribution >= 0.6 is 0 Å². The summed E-state index contributed by atoms with van der Waals surface area (Å²) in [6, 6.07) is 7.96. The highest BCUT2D eigenvalue weighted by Gasteiger charge is 2.63. The number of hydrogen-bond acceptors (Lipinski definition) is 4. The molecule has 4 rings (SSSR count). The van der Waals surface area contributed by atoms with Crippen molar-refractivity contribution in [2.45, 2.75) is 51.4 Å². The number of fused-ring (bicyclic) bond motifs is 3. The van der Waals surface area contributed by atoms with Crippen LogP contribution in [0.3, 0.4) is 0 Å². The summed E-state index contributed by atoms with van der Waals surface area (Å²) in [5.41, 5.74) is 2.27. The summed E-state index contributed by atoms with van der Waals surface area (Å²) in [5.74, 6) is 0.690. The summed E-state index contributed by atoms with van der Waals surface area (Å²) in [6.07, 6.45) is 0.846. The van der Waals surface area contributed by atoms with Gasteiger partial charge in [-0.25, -0.2) is 0 Å². The van der Waals surface area contributed by atoms with Crippen LogP contribution in [0.25, 0.3) is 0 Å². The van der Waals surface area contributed by atoms with Gasteiger partial charge in [0.2, 0.25) is 0 Å². The number of amidine groups is 1. The number of benzene rings is 1. The molecule has 5 heteroatoms. The fraction of sp³-hybridized carbons (Fsp3) is 0.556. The van der Waals surface area contributed by atoms with Crippen molar-refractivity contribution >= 4 is 17.5 Å². The van der Waals surface area contributed by atoms with Crippen LogP contribution in [0.2, 0.25) is 0 Å². The molecule has 3 heterocycles. The Labute approximate surface area is 136 Å². The molecule has 1 aromatic rings. The number of ether oxygens (including phenoxy) is 1. The summed E-state index contributed by atoms with van der Waals surface area (Å²) in [7, 11) is 1.45. The molecule has 4 atom stereocenters. The van der Waals surface area contributed by atoms with Crippen molar-refractivity contribution in [3.63, 3.8) is 0 Å². The summed E-state index contributed by atoms with van der Waals surface area (Å²) in [6.45, 7) is 6.42. The SMILES string of the molecule is COC(=O)[C@@H]1C[C@@H]2c3ccccc3N3C(=N)[C@@H](C(C)(C)C)N1[C@H]23. The molecule has 0 aromatic heterocycles. The number of nitrogens with zero attached hydrogens (tertiary/aromatic N) is 2. The monoisotopic (exact) mass is 313 g/mol. The fourth-order valence-corrected chi connectivity index (χ4v) is 4.73. The van der Waals surface area contributed by atoms with Crippen LogP contribution in [0.4, 0.5) is 5.69 Å². The third-order valence-corrected chi connectivity index (χ3v) is 5.47. The molecule has 1 aromatic carbocycles. The lowest BCUT2D eigenvalue weighted by Crippen LogP contribution is -2.50. The van der Waals surface area contributed by atoms with Crippen molar-refractivity contribution in [2.75, 3.05) is 12.0 Å². The first-order chi connectivity index (χ1) is 10.9. The van der Waals surface area contributed by atoms with Gasteiger partial charge in [0.25, 0.3) is 0 Å². The Bertz CT molecular complexity index is 694. The molecular formula is C18H23N3O2. The largest absolute Gasteiger partial charge is 0.468 e. The minimum absolute atomic E-state index is 0.0741. The van der Waals surface area contributed by atoms with E-state index in [0.29, 0.717) is 5.84 Å². The van der Waals surface area contributed by atoms with Gasteiger partial charge in [-0.1, -0.05) is 39.0 Å². The van der Waals surface area contributed by atoms with Crippen LogP contribution in [0, 0.1) is 10.8 Å². The Kier molecular flexibility index (Phi) is 2.92. The Morgan fingerprint density at radius 1 is 1.30 bits per heavy atom. The molecule has 122 valence electrons. The van der Waals surface area contributed by atoms with Crippen molar-refractivity contribution in [1.82, 2.24) is 4.90 Å². The first-order valence-electron chi connectivity index (χ1n) is 8.18. The molecule has 3 aliphatic heterocycles. The number of para-hydroxylation sites is 1. The van der Waals surface area contributed by atoms with Gasteiger partial charge in [-0.2, -0.15) is 0 Å². The fourth-order valence-electron chi connectivity index (χ4n) is 4.73. The van der Waals surface area contributed by atoms with Gasteiger partial charge < -0.3 is 9.64 Å². The molecule has 23 heavy (non-hydrogen) atoms. The van der Waals surface area contributed by atoms with Crippen molar-refractivity contribution in [3.8, 4) is 0 Å². The number of nitrogens with one attached hydrogen (secondary N) is 1. The van der Waals surface area contributed by atoms with Gasteiger partial charge in [0.05, 0.1) is 19.3 Å². The average molecular weight is 313 g/mol. The minimum Gasteiger partial charge on any atom is -0.468 e. The zero-order valence-corrected chi connectivity index (χ0v) is 14.0. The van der Waals surface area contributed by atoms with Crippen molar-refractivity contribution < 1.29 is 9.53 Å². The van der Waals surface area contributed by atoms with Gasteiger partial charge in [0.1, 0.15) is 11.9 Å². The molecule has 0 aliphatic carbocycles.